The average Bonchev–Trinajstić information content (AvgIpc) is 3.34. The second kappa shape index (κ2) is 12.4. The minimum absolute atomic E-state index is 0.0714. The van der Waals surface area contributed by atoms with Gasteiger partial charge in [-0.15, -0.1) is 0 Å². The van der Waals surface area contributed by atoms with Crippen molar-refractivity contribution in [1.82, 2.24) is 24.5 Å². The lowest BCUT2D eigenvalue weighted by atomic mass is 9.99. The van der Waals surface area contributed by atoms with Gasteiger partial charge in [0, 0.05) is 72.8 Å². The number of pyridine rings is 2. The number of rotatable bonds is 9. The van der Waals surface area contributed by atoms with Crippen LogP contribution in [0.2, 0.25) is 0 Å². The number of fused-ring (bicyclic) bond motifs is 1. The highest BCUT2D eigenvalue weighted by Crippen LogP contribution is 2.32. The number of carbonyl (C=O) groups is 1. The van der Waals surface area contributed by atoms with E-state index in [0.29, 0.717) is 52.4 Å². The van der Waals surface area contributed by atoms with Crippen molar-refractivity contribution in [2.75, 3.05) is 39.8 Å². The summed E-state index contributed by atoms with van der Waals surface area (Å²) in [5.74, 6) is -0.0524. The highest BCUT2D eigenvalue weighted by atomic mass is 19.4. The first-order valence-electron chi connectivity index (χ1n) is 13.5. The number of ether oxygens (including phenoxy) is 1. The molecule has 5 N–H and O–H groups in total. The van der Waals surface area contributed by atoms with Crippen molar-refractivity contribution < 1.29 is 22.7 Å². The Morgan fingerprint density at radius 1 is 1.21 bits per heavy atom. The van der Waals surface area contributed by atoms with E-state index < -0.39 is 18.6 Å². The molecule has 1 aliphatic heterocycles. The van der Waals surface area contributed by atoms with Gasteiger partial charge in [0.15, 0.2) is 0 Å². The van der Waals surface area contributed by atoms with Crippen LogP contribution < -0.4 is 21.3 Å². The molecule has 0 bridgehead atoms. The summed E-state index contributed by atoms with van der Waals surface area (Å²) in [5, 5.41) is 10.3. The van der Waals surface area contributed by atoms with Crippen molar-refractivity contribution >= 4 is 23.3 Å². The molecular weight excluding hydrogens is 551 g/mol. The number of H-pyrrole nitrogens is 1. The number of alkyl halides is 3. The quantitative estimate of drug-likeness (QED) is 0.284. The number of allylic oxidation sites excluding steroid dienone is 1. The van der Waals surface area contributed by atoms with Gasteiger partial charge in [0.2, 0.25) is 0 Å². The predicted octanol–water partition coefficient (Wildman–Crippen LogP) is 3.37. The zero-order valence-corrected chi connectivity index (χ0v) is 24.1. The van der Waals surface area contributed by atoms with Crippen LogP contribution in [0.25, 0.3) is 11.2 Å². The van der Waals surface area contributed by atoms with E-state index in [9.17, 15) is 22.8 Å². The van der Waals surface area contributed by atoms with E-state index >= 15 is 0 Å². The normalized spacial score (nSPS) is 16.0. The number of nitrogens with one attached hydrogen (secondary N) is 3. The molecule has 4 heterocycles. The van der Waals surface area contributed by atoms with Crippen molar-refractivity contribution in [2.24, 2.45) is 5.73 Å². The molecule has 0 aliphatic carbocycles. The van der Waals surface area contributed by atoms with Crippen LogP contribution in [0.5, 0.6) is 5.75 Å². The van der Waals surface area contributed by atoms with Crippen LogP contribution in [-0.4, -0.2) is 77.3 Å². The second-order valence-electron chi connectivity index (χ2n) is 10.5. The predicted molar refractivity (Wildman–Crippen MR) is 155 cm³/mol. The molecule has 0 unspecified atom stereocenters. The van der Waals surface area contributed by atoms with Gasteiger partial charge < -0.3 is 30.6 Å². The Balaban J connectivity index is 1.71. The number of aryl methyl sites for hydroxylation is 1. The Labute approximate surface area is 241 Å². The van der Waals surface area contributed by atoms with Gasteiger partial charge in [-0.25, -0.2) is 0 Å². The first-order chi connectivity index (χ1) is 19.8. The molecule has 1 saturated heterocycles. The molecule has 1 amide bonds. The van der Waals surface area contributed by atoms with Crippen LogP contribution in [0.3, 0.4) is 0 Å². The van der Waals surface area contributed by atoms with E-state index in [0.717, 1.165) is 11.9 Å². The van der Waals surface area contributed by atoms with Crippen LogP contribution in [-0.2, 0) is 6.54 Å². The van der Waals surface area contributed by atoms with Gasteiger partial charge in [0.05, 0.1) is 31.3 Å². The van der Waals surface area contributed by atoms with Crippen LogP contribution >= 0.6 is 0 Å². The maximum absolute atomic E-state index is 13.6. The summed E-state index contributed by atoms with van der Waals surface area (Å²) < 4.78 is 46.1. The zero-order valence-electron chi connectivity index (χ0n) is 24.1. The monoisotopic (exact) mass is 587 g/mol. The Morgan fingerprint density at radius 3 is 2.52 bits per heavy atom. The Kier molecular flexibility index (Phi) is 9.12. The van der Waals surface area contributed by atoms with E-state index in [1.807, 2.05) is 24.4 Å². The first-order valence-corrected chi connectivity index (χ1v) is 13.5. The van der Waals surface area contributed by atoms with Gasteiger partial charge in [0.1, 0.15) is 5.75 Å². The van der Waals surface area contributed by atoms with Crippen molar-refractivity contribution in [3.05, 3.63) is 74.5 Å². The number of aromatic nitrogens is 2. The lowest BCUT2D eigenvalue weighted by Gasteiger charge is -2.39. The molecule has 1 fully saturated rings. The number of nitrogens with zero attached hydrogens (tertiary/aromatic N) is 3. The number of aromatic amines is 1. The van der Waals surface area contributed by atoms with Crippen LogP contribution in [0.1, 0.15) is 51.4 Å². The fourth-order valence-corrected chi connectivity index (χ4v) is 5.57. The van der Waals surface area contributed by atoms with E-state index in [-0.39, 0.29) is 36.8 Å². The standard InChI is InChI=1S/C29H36F3N7O3/c1-17-13-25(42-4)22(28(41)36-17)15-35-27(40)21-14-24-20(23(34)5-7-33)6-8-39(24)26(18(21)2)19(3)38-11-9-37(10-12-38)16-29(30,31)32/h5-8,13-14,19,33H,9-12,15-16,34H2,1-4H3,(H,35,40)(H,36,41)/t19-/m1/s1. The summed E-state index contributed by atoms with van der Waals surface area (Å²) in [7, 11) is 1.45. The molecule has 1 atom stereocenters. The number of hydrogen-bond acceptors (Lipinski definition) is 7. The maximum atomic E-state index is 13.6. The van der Waals surface area contributed by atoms with Crippen LogP contribution in [0.4, 0.5) is 13.2 Å². The molecule has 10 nitrogen and oxygen atoms in total. The summed E-state index contributed by atoms with van der Waals surface area (Å²) in [4.78, 5) is 32.4. The largest absolute Gasteiger partial charge is 0.496 e. The number of methoxy groups -OCH3 is 1. The number of hydrogen-bond donors (Lipinski definition) is 4. The summed E-state index contributed by atoms with van der Waals surface area (Å²) in [6.45, 7) is 5.91. The summed E-state index contributed by atoms with van der Waals surface area (Å²) in [6, 6.07) is 4.96. The van der Waals surface area contributed by atoms with Crippen molar-refractivity contribution in [3.63, 3.8) is 0 Å². The van der Waals surface area contributed by atoms with Crippen LogP contribution in [0, 0.1) is 19.3 Å². The summed E-state index contributed by atoms with van der Waals surface area (Å²) in [6.07, 6.45) is 0.120. The molecule has 3 aromatic heterocycles. The SMILES string of the molecule is COc1cc(C)[nH]c(=O)c1CNC(=O)c1cc2c(C(N)=CC=N)ccn2c([C@@H](C)N2CCN(CC(F)(F)F)CC2)c1C. The minimum Gasteiger partial charge on any atom is -0.496 e. The highest BCUT2D eigenvalue weighted by Gasteiger charge is 2.34. The van der Waals surface area contributed by atoms with E-state index in [1.165, 1.54) is 18.1 Å². The average molecular weight is 588 g/mol. The van der Waals surface area contributed by atoms with Gasteiger partial charge in [-0.05, 0) is 50.6 Å². The molecule has 226 valence electrons. The molecule has 0 saturated carbocycles. The topological polar surface area (TPSA) is 132 Å². The maximum Gasteiger partial charge on any atom is 0.401 e. The first kappa shape index (κ1) is 30.8. The lowest BCUT2D eigenvalue weighted by molar-refractivity contribution is -0.149. The molecule has 42 heavy (non-hydrogen) atoms. The number of nitrogens with two attached hydrogens (primary N) is 1. The van der Waals surface area contributed by atoms with Gasteiger partial charge in [-0.2, -0.15) is 13.2 Å². The van der Waals surface area contributed by atoms with E-state index in [2.05, 4.69) is 15.2 Å². The van der Waals surface area contributed by atoms with Crippen molar-refractivity contribution in [3.8, 4) is 5.75 Å². The Bertz CT molecular complexity index is 1570. The van der Waals surface area contributed by atoms with E-state index in [4.69, 9.17) is 15.9 Å². The zero-order chi connectivity index (χ0) is 30.8. The summed E-state index contributed by atoms with van der Waals surface area (Å²) >= 11 is 0. The number of halogens is 3. The molecule has 0 radical (unpaired) electrons. The molecule has 0 aromatic carbocycles. The minimum atomic E-state index is -4.25. The molecule has 13 heteroatoms. The van der Waals surface area contributed by atoms with Crippen molar-refractivity contribution in [2.45, 2.75) is 39.5 Å². The molecule has 0 spiro atoms. The molecular formula is C29H36F3N7O3. The van der Waals surface area contributed by atoms with Gasteiger partial charge >= 0.3 is 6.18 Å². The number of amides is 1. The second-order valence-corrected chi connectivity index (χ2v) is 10.5. The third-order valence-corrected chi connectivity index (χ3v) is 7.70. The number of carbonyl (C=O) groups excluding carboxylic acids is 1. The third kappa shape index (κ3) is 6.52. The molecule has 4 rings (SSSR count). The Morgan fingerprint density at radius 2 is 1.90 bits per heavy atom. The van der Waals surface area contributed by atoms with Gasteiger partial charge in [-0.3, -0.25) is 19.4 Å². The number of piperazine rings is 1. The van der Waals surface area contributed by atoms with Crippen LogP contribution in [0.15, 0.2) is 35.3 Å². The lowest BCUT2D eigenvalue weighted by Crippen LogP contribution is -2.49. The molecule has 3 aromatic rings. The smallest absolute Gasteiger partial charge is 0.401 e. The van der Waals surface area contributed by atoms with Crippen molar-refractivity contribution in [1.29, 1.82) is 5.41 Å². The summed E-state index contributed by atoms with van der Waals surface area (Å²) in [5.41, 5.74) is 10.3. The van der Waals surface area contributed by atoms with Gasteiger partial charge in [0.25, 0.3) is 11.5 Å². The Hall–Kier alpha value is -4.10. The fraction of sp³-hybridized carbons (Fsp3) is 0.414. The van der Waals surface area contributed by atoms with E-state index in [1.54, 1.807) is 25.1 Å². The van der Waals surface area contributed by atoms with Gasteiger partial charge in [-0.1, -0.05) is 0 Å². The highest BCUT2D eigenvalue weighted by molar-refractivity contribution is 5.98. The third-order valence-electron chi connectivity index (χ3n) is 7.70. The molecule has 1 aliphatic rings. The fourth-order valence-electron chi connectivity index (χ4n) is 5.57.